The first-order valence-electron chi connectivity index (χ1n) is 8.42. The van der Waals surface area contributed by atoms with Gasteiger partial charge in [0.25, 0.3) is 5.91 Å². The molecule has 0 bridgehead atoms. The largest absolute Gasteiger partial charge is 0.480 e. The third-order valence-electron chi connectivity index (χ3n) is 3.95. The molecule has 7 heteroatoms. The number of carbonyl (C=O) groups excluding carboxylic acids is 1. The molecule has 0 aliphatic heterocycles. The number of nitrogens with zero attached hydrogens (tertiary/aromatic N) is 2. The van der Waals surface area contributed by atoms with Gasteiger partial charge in [-0.3, -0.25) is 9.59 Å². The van der Waals surface area contributed by atoms with E-state index in [9.17, 15) is 9.59 Å². The van der Waals surface area contributed by atoms with Gasteiger partial charge in [0.2, 0.25) is 0 Å². The van der Waals surface area contributed by atoms with Crippen LogP contribution >= 0.6 is 11.3 Å². The summed E-state index contributed by atoms with van der Waals surface area (Å²) in [6, 6.07) is 7.30. The number of benzene rings is 1. The Morgan fingerprint density at radius 1 is 1.31 bits per heavy atom. The molecule has 0 saturated carbocycles. The van der Waals surface area contributed by atoms with Gasteiger partial charge in [0.1, 0.15) is 11.4 Å². The number of nitrogens with one attached hydrogen (secondary N) is 1. The van der Waals surface area contributed by atoms with E-state index in [2.05, 4.69) is 24.1 Å². The van der Waals surface area contributed by atoms with Gasteiger partial charge in [0, 0.05) is 22.8 Å². The van der Waals surface area contributed by atoms with Gasteiger partial charge < -0.3 is 15.0 Å². The van der Waals surface area contributed by atoms with Crippen molar-refractivity contribution < 1.29 is 14.7 Å². The van der Waals surface area contributed by atoms with Crippen molar-refractivity contribution in [1.82, 2.24) is 9.55 Å². The molecular formula is C19H21N3O3S. The molecule has 3 aromatic rings. The highest BCUT2D eigenvalue weighted by molar-refractivity contribution is 7.13. The molecule has 2 N–H and O–H groups in total. The summed E-state index contributed by atoms with van der Waals surface area (Å²) in [5.41, 5.74) is 2.34. The molecule has 0 radical (unpaired) electrons. The molecule has 0 aliphatic carbocycles. The van der Waals surface area contributed by atoms with Crippen molar-refractivity contribution in [2.45, 2.75) is 33.7 Å². The SMILES string of the molecule is Cc1nc(CC(C)C)c(C(=O)Nc2ccc3c(ccn3CC(=O)O)c2)s1. The van der Waals surface area contributed by atoms with Crippen LogP contribution in [-0.2, 0) is 17.8 Å². The van der Waals surface area contributed by atoms with Crippen molar-refractivity contribution >= 4 is 39.8 Å². The number of hydrogen-bond donors (Lipinski definition) is 2. The predicted molar refractivity (Wildman–Crippen MR) is 103 cm³/mol. The molecule has 6 nitrogen and oxygen atoms in total. The number of aryl methyl sites for hydroxylation is 1. The summed E-state index contributed by atoms with van der Waals surface area (Å²) in [6.45, 7) is 6.02. The summed E-state index contributed by atoms with van der Waals surface area (Å²) in [4.78, 5) is 28.7. The van der Waals surface area contributed by atoms with Crippen LogP contribution in [0.3, 0.4) is 0 Å². The summed E-state index contributed by atoms with van der Waals surface area (Å²) >= 11 is 1.41. The van der Waals surface area contributed by atoms with Crippen LogP contribution < -0.4 is 5.32 Å². The average molecular weight is 371 g/mol. The molecule has 0 saturated heterocycles. The number of anilines is 1. The summed E-state index contributed by atoms with van der Waals surface area (Å²) in [7, 11) is 0. The van der Waals surface area contributed by atoms with Gasteiger partial charge in [-0.2, -0.15) is 0 Å². The minimum atomic E-state index is -0.891. The minimum Gasteiger partial charge on any atom is -0.480 e. The average Bonchev–Trinajstić information content (AvgIpc) is 3.09. The van der Waals surface area contributed by atoms with Gasteiger partial charge in [-0.15, -0.1) is 11.3 Å². The minimum absolute atomic E-state index is 0.0894. The Bertz CT molecular complexity index is 972. The number of aliphatic carboxylic acids is 1. The number of carbonyl (C=O) groups is 2. The first kappa shape index (κ1) is 18.1. The smallest absolute Gasteiger partial charge is 0.323 e. The van der Waals surface area contributed by atoms with Crippen LogP contribution in [0.4, 0.5) is 5.69 Å². The van der Waals surface area contributed by atoms with Crippen molar-refractivity contribution in [2.24, 2.45) is 5.92 Å². The molecule has 0 fully saturated rings. The highest BCUT2D eigenvalue weighted by atomic mass is 32.1. The number of carboxylic acids is 1. The molecule has 3 rings (SSSR count). The van der Waals surface area contributed by atoms with Crippen molar-refractivity contribution in [2.75, 3.05) is 5.32 Å². The monoisotopic (exact) mass is 371 g/mol. The molecular weight excluding hydrogens is 350 g/mol. The molecule has 0 aliphatic rings. The maximum atomic E-state index is 12.7. The molecule has 0 spiro atoms. The fourth-order valence-electron chi connectivity index (χ4n) is 2.92. The molecule has 1 aromatic carbocycles. The lowest BCUT2D eigenvalue weighted by molar-refractivity contribution is -0.137. The zero-order valence-corrected chi connectivity index (χ0v) is 15.8. The number of aromatic nitrogens is 2. The third kappa shape index (κ3) is 3.94. The van der Waals surface area contributed by atoms with Gasteiger partial charge in [-0.25, -0.2) is 4.98 Å². The van der Waals surface area contributed by atoms with Gasteiger partial charge in [-0.1, -0.05) is 13.8 Å². The fraction of sp³-hybridized carbons (Fsp3) is 0.316. The van der Waals surface area contributed by atoms with E-state index >= 15 is 0 Å². The van der Waals surface area contributed by atoms with Gasteiger partial charge in [-0.05, 0) is 43.5 Å². The first-order valence-corrected chi connectivity index (χ1v) is 9.23. The lowest BCUT2D eigenvalue weighted by Crippen LogP contribution is -2.13. The molecule has 26 heavy (non-hydrogen) atoms. The molecule has 0 atom stereocenters. The van der Waals surface area contributed by atoms with Crippen LogP contribution in [0.5, 0.6) is 0 Å². The first-order chi connectivity index (χ1) is 12.3. The van der Waals surface area contributed by atoms with E-state index in [0.29, 0.717) is 16.5 Å². The quantitative estimate of drug-likeness (QED) is 0.687. The van der Waals surface area contributed by atoms with E-state index in [-0.39, 0.29) is 12.5 Å². The highest BCUT2D eigenvalue weighted by Crippen LogP contribution is 2.24. The van der Waals surface area contributed by atoms with E-state index in [1.807, 2.05) is 25.1 Å². The summed E-state index contributed by atoms with van der Waals surface area (Å²) in [5, 5.41) is 13.6. The van der Waals surface area contributed by atoms with E-state index in [4.69, 9.17) is 5.11 Å². The van der Waals surface area contributed by atoms with Gasteiger partial charge in [0.05, 0.1) is 10.7 Å². The Labute approximate surface area is 155 Å². The van der Waals surface area contributed by atoms with Crippen LogP contribution in [0.2, 0.25) is 0 Å². The van der Waals surface area contributed by atoms with Gasteiger partial charge in [0.15, 0.2) is 0 Å². The highest BCUT2D eigenvalue weighted by Gasteiger charge is 2.18. The maximum absolute atomic E-state index is 12.7. The topological polar surface area (TPSA) is 84.2 Å². The number of hydrogen-bond acceptors (Lipinski definition) is 4. The van der Waals surface area contributed by atoms with Crippen LogP contribution in [0.25, 0.3) is 10.9 Å². The normalized spacial score (nSPS) is 11.2. The van der Waals surface area contributed by atoms with Crippen LogP contribution in [0.15, 0.2) is 30.5 Å². The lowest BCUT2D eigenvalue weighted by Gasteiger charge is -2.08. The summed E-state index contributed by atoms with van der Waals surface area (Å²) < 4.78 is 1.66. The van der Waals surface area contributed by atoms with Crippen molar-refractivity contribution in [3.8, 4) is 0 Å². The molecule has 2 heterocycles. The van der Waals surface area contributed by atoms with Crippen LogP contribution in [-0.4, -0.2) is 26.5 Å². The second kappa shape index (κ2) is 7.29. The molecule has 0 unspecified atom stereocenters. The van der Waals surface area contributed by atoms with Crippen LogP contribution in [0.1, 0.15) is 34.2 Å². The molecule has 2 aromatic heterocycles. The second-order valence-corrected chi connectivity index (χ2v) is 7.87. The Morgan fingerprint density at radius 2 is 2.08 bits per heavy atom. The van der Waals surface area contributed by atoms with Crippen LogP contribution in [0, 0.1) is 12.8 Å². The third-order valence-corrected chi connectivity index (χ3v) is 4.96. The number of rotatable bonds is 6. The molecule has 136 valence electrons. The standard InChI is InChI=1S/C19H21N3O3S/c1-11(2)8-15-18(26-12(3)20-15)19(25)21-14-4-5-16-13(9-14)6-7-22(16)10-17(23)24/h4-7,9,11H,8,10H2,1-3H3,(H,21,25)(H,23,24). The number of thiazole rings is 1. The number of amides is 1. The Balaban J connectivity index is 1.83. The Kier molecular flexibility index (Phi) is 5.08. The summed E-state index contributed by atoms with van der Waals surface area (Å²) in [6.07, 6.45) is 2.50. The number of carboxylic acid groups (broad SMARTS) is 1. The van der Waals surface area contributed by atoms with E-state index < -0.39 is 5.97 Å². The van der Waals surface area contributed by atoms with Gasteiger partial charge >= 0.3 is 5.97 Å². The Morgan fingerprint density at radius 3 is 2.77 bits per heavy atom. The second-order valence-electron chi connectivity index (χ2n) is 6.67. The van der Waals surface area contributed by atoms with E-state index in [0.717, 1.165) is 28.0 Å². The molecule has 1 amide bonds. The van der Waals surface area contributed by atoms with Crippen molar-refractivity contribution in [1.29, 1.82) is 0 Å². The zero-order chi connectivity index (χ0) is 18.8. The maximum Gasteiger partial charge on any atom is 0.323 e. The number of fused-ring (bicyclic) bond motifs is 1. The van der Waals surface area contributed by atoms with E-state index in [1.54, 1.807) is 16.8 Å². The van der Waals surface area contributed by atoms with Crippen molar-refractivity contribution in [3.05, 3.63) is 46.0 Å². The predicted octanol–water partition coefficient (Wildman–Crippen LogP) is 3.94. The van der Waals surface area contributed by atoms with Crippen molar-refractivity contribution in [3.63, 3.8) is 0 Å². The zero-order valence-electron chi connectivity index (χ0n) is 14.9. The summed E-state index contributed by atoms with van der Waals surface area (Å²) in [5.74, 6) is -0.623. The Hall–Kier alpha value is -2.67. The fourth-order valence-corrected chi connectivity index (χ4v) is 3.76. The lowest BCUT2D eigenvalue weighted by atomic mass is 10.1. The van der Waals surface area contributed by atoms with E-state index in [1.165, 1.54) is 11.3 Å².